The van der Waals surface area contributed by atoms with Gasteiger partial charge in [-0.1, -0.05) is 24.3 Å². The van der Waals surface area contributed by atoms with Crippen molar-refractivity contribution in [3.05, 3.63) is 69.5 Å². The minimum Gasteiger partial charge on any atom is -0.482 e. The highest BCUT2D eigenvalue weighted by Crippen LogP contribution is 2.29. The maximum atomic E-state index is 13.5. The van der Waals surface area contributed by atoms with E-state index >= 15 is 0 Å². The molecule has 0 amide bonds. The van der Waals surface area contributed by atoms with Crippen molar-refractivity contribution in [3.63, 3.8) is 0 Å². The Hall–Kier alpha value is -2.94. The zero-order chi connectivity index (χ0) is 15.2. The minimum absolute atomic E-state index is 0.0462. The van der Waals surface area contributed by atoms with E-state index in [9.17, 15) is 14.5 Å². The molecule has 21 heavy (non-hydrogen) atoms. The molecule has 0 saturated carbocycles. The fraction of sp³-hybridized carbons (Fsp3) is 0.133. The number of benzene rings is 2. The third kappa shape index (κ3) is 3.54. The van der Waals surface area contributed by atoms with Crippen LogP contribution < -0.4 is 4.74 Å². The van der Waals surface area contributed by atoms with Crippen LogP contribution in [0.5, 0.6) is 5.75 Å². The molecule has 0 aliphatic carbocycles. The molecule has 0 N–H and O–H groups in total. The van der Waals surface area contributed by atoms with Crippen LogP contribution in [0.4, 0.5) is 10.1 Å². The highest BCUT2D eigenvalue weighted by molar-refractivity contribution is 5.49. The van der Waals surface area contributed by atoms with Gasteiger partial charge < -0.3 is 4.74 Å². The summed E-state index contributed by atoms with van der Waals surface area (Å²) < 4.78 is 18.8. The first-order valence-electron chi connectivity index (χ1n) is 6.12. The van der Waals surface area contributed by atoms with Crippen molar-refractivity contribution in [1.82, 2.24) is 0 Å². The van der Waals surface area contributed by atoms with Crippen molar-refractivity contribution >= 4 is 5.69 Å². The van der Waals surface area contributed by atoms with E-state index in [0.29, 0.717) is 11.1 Å². The van der Waals surface area contributed by atoms with Crippen LogP contribution >= 0.6 is 0 Å². The lowest BCUT2D eigenvalue weighted by atomic mass is 10.1. The first-order chi connectivity index (χ1) is 10.1. The number of nitro groups is 1. The van der Waals surface area contributed by atoms with Gasteiger partial charge in [0.2, 0.25) is 0 Å². The van der Waals surface area contributed by atoms with Crippen molar-refractivity contribution in [2.24, 2.45) is 0 Å². The van der Waals surface area contributed by atoms with Crippen molar-refractivity contribution in [2.75, 3.05) is 0 Å². The lowest BCUT2D eigenvalue weighted by Gasteiger charge is -2.08. The first kappa shape index (κ1) is 14.5. The topological polar surface area (TPSA) is 76.2 Å². The van der Waals surface area contributed by atoms with Crippen molar-refractivity contribution in [1.29, 1.82) is 5.26 Å². The zero-order valence-electron chi connectivity index (χ0n) is 11.0. The standard InChI is InChI=1S/C15H11FN2O3/c16-13-4-2-1-3-12(13)10-21-15-6-5-11(7-8-17)9-14(15)18(19)20/h1-6,9H,7,10H2. The van der Waals surface area contributed by atoms with Gasteiger partial charge in [0.1, 0.15) is 12.4 Å². The summed E-state index contributed by atoms with van der Waals surface area (Å²) in [4.78, 5) is 10.4. The Bertz CT molecular complexity index is 710. The quantitative estimate of drug-likeness (QED) is 0.623. The van der Waals surface area contributed by atoms with Crippen molar-refractivity contribution in [2.45, 2.75) is 13.0 Å². The number of nitro benzene ring substituents is 1. The summed E-state index contributed by atoms with van der Waals surface area (Å²) in [7, 11) is 0. The number of halogens is 1. The number of nitriles is 1. The average Bonchev–Trinajstić information content (AvgIpc) is 2.47. The lowest BCUT2D eigenvalue weighted by molar-refractivity contribution is -0.386. The summed E-state index contributed by atoms with van der Waals surface area (Å²) in [6, 6.07) is 12.3. The van der Waals surface area contributed by atoms with Gasteiger partial charge in [0.25, 0.3) is 0 Å². The predicted molar refractivity (Wildman–Crippen MR) is 73.1 cm³/mol. The van der Waals surface area contributed by atoms with Gasteiger partial charge >= 0.3 is 5.69 Å². The van der Waals surface area contributed by atoms with Gasteiger partial charge in [0.05, 0.1) is 17.4 Å². The Morgan fingerprint density at radius 3 is 2.71 bits per heavy atom. The molecule has 0 bridgehead atoms. The number of rotatable bonds is 5. The molecule has 106 valence electrons. The third-order valence-electron chi connectivity index (χ3n) is 2.84. The average molecular weight is 286 g/mol. The maximum absolute atomic E-state index is 13.5. The van der Waals surface area contributed by atoms with Crippen LogP contribution in [-0.2, 0) is 13.0 Å². The van der Waals surface area contributed by atoms with E-state index in [2.05, 4.69) is 0 Å². The van der Waals surface area contributed by atoms with E-state index in [4.69, 9.17) is 10.00 Å². The Labute approximate surface area is 120 Å². The van der Waals surface area contributed by atoms with Crippen molar-refractivity contribution < 1.29 is 14.1 Å². The molecule has 0 aliphatic heterocycles. The molecule has 5 nitrogen and oxygen atoms in total. The summed E-state index contributed by atoms with van der Waals surface area (Å²) in [6.45, 7) is -0.106. The monoisotopic (exact) mass is 286 g/mol. The predicted octanol–water partition coefficient (Wildman–Crippen LogP) is 3.38. The molecular weight excluding hydrogens is 275 g/mol. The molecule has 6 heteroatoms. The normalized spacial score (nSPS) is 9.90. The fourth-order valence-corrected chi connectivity index (χ4v) is 1.80. The van der Waals surface area contributed by atoms with Gasteiger partial charge in [-0.3, -0.25) is 10.1 Å². The lowest BCUT2D eigenvalue weighted by Crippen LogP contribution is -2.01. The molecule has 2 rings (SSSR count). The van der Waals surface area contributed by atoms with Crippen LogP contribution in [0.3, 0.4) is 0 Å². The molecule has 0 heterocycles. The number of hydrogen-bond acceptors (Lipinski definition) is 4. The molecule has 0 aromatic heterocycles. The van der Waals surface area contributed by atoms with E-state index in [1.807, 2.05) is 6.07 Å². The Kier molecular flexibility index (Phi) is 4.46. The van der Waals surface area contributed by atoms with Crippen molar-refractivity contribution in [3.8, 4) is 11.8 Å². The summed E-state index contributed by atoms with van der Waals surface area (Å²) >= 11 is 0. The van der Waals surface area contributed by atoms with Gasteiger partial charge in [-0.15, -0.1) is 0 Å². The van der Waals surface area contributed by atoms with Crippen LogP contribution in [0.1, 0.15) is 11.1 Å². The fourth-order valence-electron chi connectivity index (χ4n) is 1.80. The van der Waals surface area contributed by atoms with Crippen LogP contribution in [0, 0.1) is 27.3 Å². The van der Waals surface area contributed by atoms with Gasteiger partial charge in [-0.05, 0) is 17.7 Å². The van der Waals surface area contributed by atoms with Crippen LogP contribution in [0.15, 0.2) is 42.5 Å². The second-order valence-electron chi connectivity index (χ2n) is 4.27. The molecule has 2 aromatic rings. The molecule has 0 aliphatic rings. The van der Waals surface area contributed by atoms with E-state index in [0.717, 1.165) is 0 Å². The van der Waals surface area contributed by atoms with Crippen LogP contribution in [0.25, 0.3) is 0 Å². The van der Waals surface area contributed by atoms with E-state index in [1.54, 1.807) is 24.3 Å². The second kappa shape index (κ2) is 6.48. The zero-order valence-corrected chi connectivity index (χ0v) is 11.0. The second-order valence-corrected chi connectivity index (χ2v) is 4.27. The third-order valence-corrected chi connectivity index (χ3v) is 2.84. The molecule has 0 fully saturated rings. The van der Waals surface area contributed by atoms with Gasteiger partial charge in [-0.25, -0.2) is 4.39 Å². The summed E-state index contributed by atoms with van der Waals surface area (Å²) in [6.07, 6.45) is 0.0778. The first-order valence-corrected chi connectivity index (χ1v) is 6.12. The number of nitrogens with zero attached hydrogens (tertiary/aromatic N) is 2. The molecule has 0 unspecified atom stereocenters. The molecule has 0 spiro atoms. The number of hydrogen-bond donors (Lipinski definition) is 0. The maximum Gasteiger partial charge on any atom is 0.311 e. The van der Waals surface area contributed by atoms with E-state index in [-0.39, 0.29) is 24.5 Å². The van der Waals surface area contributed by atoms with Gasteiger partial charge in [-0.2, -0.15) is 5.26 Å². The van der Waals surface area contributed by atoms with Gasteiger partial charge in [0, 0.05) is 11.6 Å². The Balaban J connectivity index is 2.22. The molecule has 0 radical (unpaired) electrons. The largest absolute Gasteiger partial charge is 0.482 e. The highest BCUT2D eigenvalue weighted by atomic mass is 19.1. The SMILES string of the molecule is N#CCc1ccc(OCc2ccccc2F)c([N+](=O)[O-])c1. The van der Waals surface area contributed by atoms with E-state index < -0.39 is 10.7 Å². The summed E-state index contributed by atoms with van der Waals surface area (Å²) in [5, 5.41) is 19.6. The van der Waals surface area contributed by atoms with Crippen LogP contribution in [0.2, 0.25) is 0 Å². The van der Waals surface area contributed by atoms with Gasteiger partial charge in [0.15, 0.2) is 5.75 Å². The van der Waals surface area contributed by atoms with Crippen LogP contribution in [-0.4, -0.2) is 4.92 Å². The van der Waals surface area contributed by atoms with E-state index in [1.165, 1.54) is 18.2 Å². The summed E-state index contributed by atoms with van der Waals surface area (Å²) in [5.41, 5.74) is 0.606. The number of ether oxygens (including phenoxy) is 1. The minimum atomic E-state index is -0.586. The Morgan fingerprint density at radius 1 is 1.29 bits per heavy atom. The molecule has 2 aromatic carbocycles. The molecule has 0 saturated heterocycles. The smallest absolute Gasteiger partial charge is 0.311 e. The highest BCUT2D eigenvalue weighted by Gasteiger charge is 2.16. The summed E-state index contributed by atoms with van der Waals surface area (Å²) in [5.74, 6) is -0.383. The Morgan fingerprint density at radius 2 is 2.05 bits per heavy atom. The molecule has 0 atom stereocenters. The molecular formula is C15H11FN2O3.